The van der Waals surface area contributed by atoms with Crippen molar-refractivity contribution in [2.75, 3.05) is 0 Å². The first-order valence-corrected chi connectivity index (χ1v) is 9.71. The zero-order valence-electron chi connectivity index (χ0n) is 16.3. The van der Waals surface area contributed by atoms with E-state index >= 15 is 0 Å². The van der Waals surface area contributed by atoms with Crippen LogP contribution in [0.25, 0.3) is 33.4 Å². The summed E-state index contributed by atoms with van der Waals surface area (Å²) in [4.78, 5) is 0. The fourth-order valence-electron chi connectivity index (χ4n) is 3.59. The monoisotopic (exact) mass is 364 g/mol. The molecule has 0 amide bonds. The quantitative estimate of drug-likeness (QED) is 0.397. The van der Waals surface area contributed by atoms with Crippen LogP contribution in [0.3, 0.4) is 0 Å². The maximum atomic E-state index is 10.2. The molecule has 0 radical (unpaired) electrons. The maximum absolute atomic E-state index is 10.2. The normalized spacial score (nSPS) is 11.0. The Morgan fingerprint density at radius 2 is 0.964 bits per heavy atom. The number of aromatic hydroxyl groups is 1. The van der Waals surface area contributed by atoms with E-state index in [-0.39, 0.29) is 5.92 Å². The molecule has 0 saturated carbocycles. The van der Waals surface area contributed by atoms with Crippen molar-refractivity contribution in [1.82, 2.24) is 0 Å². The van der Waals surface area contributed by atoms with Gasteiger partial charge in [-0.1, -0.05) is 80.6 Å². The smallest absolute Gasteiger partial charge is 0.119 e. The van der Waals surface area contributed by atoms with Gasteiger partial charge in [0.25, 0.3) is 0 Å². The molecule has 4 aromatic rings. The second kappa shape index (κ2) is 7.74. The third kappa shape index (κ3) is 3.70. The molecular weight excluding hydrogens is 340 g/mol. The first-order valence-electron chi connectivity index (χ1n) is 9.71. The minimum Gasteiger partial charge on any atom is -0.508 e. The second-order valence-electron chi connectivity index (χ2n) is 7.46. The van der Waals surface area contributed by atoms with Crippen molar-refractivity contribution in [3.8, 4) is 39.1 Å². The molecule has 0 aromatic heterocycles. The minimum absolute atomic E-state index is 0.269. The zero-order valence-corrected chi connectivity index (χ0v) is 16.3. The lowest BCUT2D eigenvalue weighted by Gasteiger charge is -2.14. The van der Waals surface area contributed by atoms with Crippen molar-refractivity contribution < 1.29 is 5.11 Å². The van der Waals surface area contributed by atoms with Gasteiger partial charge in [-0.2, -0.15) is 0 Å². The summed E-state index contributed by atoms with van der Waals surface area (Å²) in [6.07, 6.45) is 0. The molecular formula is C27H24O. The number of rotatable bonds is 4. The molecule has 1 N–H and O–H groups in total. The molecule has 1 nitrogen and oxygen atoms in total. The molecule has 28 heavy (non-hydrogen) atoms. The number of phenolic OH excluding ortho intramolecular Hbond substituents is 1. The van der Waals surface area contributed by atoms with E-state index in [1.54, 1.807) is 0 Å². The molecule has 4 aromatic carbocycles. The Labute approximate surface area is 166 Å². The van der Waals surface area contributed by atoms with Gasteiger partial charge in [0.15, 0.2) is 0 Å². The Bertz CT molecular complexity index is 1020. The summed E-state index contributed by atoms with van der Waals surface area (Å²) in [6.45, 7) is 4.21. The SMILES string of the molecule is CC(C)c1cc(-c2cc(-c3ccccc3)cc(-c3ccccc3)c2)ccc1O. The Morgan fingerprint density at radius 3 is 1.43 bits per heavy atom. The number of benzene rings is 4. The van der Waals surface area contributed by atoms with Crippen LogP contribution in [0, 0.1) is 0 Å². The molecule has 0 aliphatic heterocycles. The molecule has 0 fully saturated rings. The van der Waals surface area contributed by atoms with Crippen LogP contribution in [-0.4, -0.2) is 5.11 Å². The summed E-state index contributed by atoms with van der Waals surface area (Å²) in [5.41, 5.74) is 8.03. The average molecular weight is 364 g/mol. The summed E-state index contributed by atoms with van der Waals surface area (Å²) in [5, 5.41) is 10.2. The van der Waals surface area contributed by atoms with Crippen molar-refractivity contribution in [2.24, 2.45) is 0 Å². The van der Waals surface area contributed by atoms with Crippen molar-refractivity contribution >= 4 is 0 Å². The van der Waals surface area contributed by atoms with E-state index in [2.05, 4.69) is 86.6 Å². The fraction of sp³-hybridized carbons (Fsp3) is 0.111. The molecule has 0 saturated heterocycles. The lowest BCUT2D eigenvalue weighted by Crippen LogP contribution is -1.91. The predicted molar refractivity (Wildman–Crippen MR) is 119 cm³/mol. The van der Waals surface area contributed by atoms with Crippen molar-refractivity contribution in [3.05, 3.63) is 103 Å². The lowest BCUT2D eigenvalue weighted by molar-refractivity contribution is 0.465. The van der Waals surface area contributed by atoms with Crippen LogP contribution in [0.5, 0.6) is 5.75 Å². The second-order valence-corrected chi connectivity index (χ2v) is 7.46. The van der Waals surface area contributed by atoms with Gasteiger partial charge in [-0.05, 0) is 75.2 Å². The van der Waals surface area contributed by atoms with Gasteiger partial charge in [0, 0.05) is 0 Å². The first kappa shape index (κ1) is 18.1. The Balaban J connectivity index is 1.91. The highest BCUT2D eigenvalue weighted by molar-refractivity contribution is 5.81. The van der Waals surface area contributed by atoms with Gasteiger partial charge in [-0.3, -0.25) is 0 Å². The Kier molecular flexibility index (Phi) is 4.99. The fourth-order valence-corrected chi connectivity index (χ4v) is 3.59. The maximum Gasteiger partial charge on any atom is 0.119 e. The molecule has 0 unspecified atom stereocenters. The van der Waals surface area contributed by atoms with E-state index in [4.69, 9.17) is 0 Å². The van der Waals surface area contributed by atoms with Crippen molar-refractivity contribution in [3.63, 3.8) is 0 Å². The van der Waals surface area contributed by atoms with Crippen LogP contribution < -0.4 is 0 Å². The number of hydrogen-bond donors (Lipinski definition) is 1. The van der Waals surface area contributed by atoms with E-state index in [1.165, 1.54) is 22.3 Å². The molecule has 0 aliphatic rings. The van der Waals surface area contributed by atoms with Crippen LogP contribution >= 0.6 is 0 Å². The van der Waals surface area contributed by atoms with Gasteiger partial charge < -0.3 is 5.11 Å². The lowest BCUT2D eigenvalue weighted by atomic mass is 9.91. The number of phenols is 1. The first-order chi connectivity index (χ1) is 13.6. The van der Waals surface area contributed by atoms with Gasteiger partial charge in [-0.25, -0.2) is 0 Å². The van der Waals surface area contributed by atoms with Gasteiger partial charge in [-0.15, -0.1) is 0 Å². The van der Waals surface area contributed by atoms with Gasteiger partial charge >= 0.3 is 0 Å². The van der Waals surface area contributed by atoms with Crippen LogP contribution in [0.1, 0.15) is 25.3 Å². The highest BCUT2D eigenvalue weighted by Crippen LogP contribution is 2.35. The van der Waals surface area contributed by atoms with Crippen molar-refractivity contribution in [2.45, 2.75) is 19.8 Å². The van der Waals surface area contributed by atoms with Crippen LogP contribution in [0.15, 0.2) is 97.1 Å². The molecule has 138 valence electrons. The minimum atomic E-state index is 0.269. The molecule has 0 bridgehead atoms. The van der Waals surface area contributed by atoms with E-state index in [9.17, 15) is 5.11 Å². The van der Waals surface area contributed by atoms with Gasteiger partial charge in [0.2, 0.25) is 0 Å². The number of hydrogen-bond acceptors (Lipinski definition) is 1. The van der Waals surface area contributed by atoms with Crippen molar-refractivity contribution in [1.29, 1.82) is 0 Å². The van der Waals surface area contributed by atoms with Gasteiger partial charge in [0.1, 0.15) is 5.75 Å². The highest BCUT2D eigenvalue weighted by atomic mass is 16.3. The molecule has 1 heteroatoms. The van der Waals surface area contributed by atoms with E-state index in [0.29, 0.717) is 5.75 Å². The summed E-state index contributed by atoms with van der Waals surface area (Å²) in [5.74, 6) is 0.632. The van der Waals surface area contributed by atoms with Gasteiger partial charge in [0.05, 0.1) is 0 Å². The molecule has 0 aliphatic carbocycles. The topological polar surface area (TPSA) is 20.2 Å². The average Bonchev–Trinajstić information content (AvgIpc) is 2.75. The molecule has 0 spiro atoms. The Morgan fingerprint density at radius 1 is 0.500 bits per heavy atom. The summed E-state index contributed by atoms with van der Waals surface area (Å²) in [6, 6.07) is 33.6. The third-order valence-electron chi connectivity index (χ3n) is 5.13. The summed E-state index contributed by atoms with van der Waals surface area (Å²) >= 11 is 0. The summed E-state index contributed by atoms with van der Waals surface area (Å²) in [7, 11) is 0. The van der Waals surface area contributed by atoms with E-state index in [1.807, 2.05) is 24.3 Å². The summed E-state index contributed by atoms with van der Waals surface area (Å²) < 4.78 is 0. The van der Waals surface area contributed by atoms with Crippen LogP contribution in [0.2, 0.25) is 0 Å². The molecule has 0 heterocycles. The van der Waals surface area contributed by atoms with Crippen LogP contribution in [0.4, 0.5) is 0 Å². The molecule has 0 atom stereocenters. The third-order valence-corrected chi connectivity index (χ3v) is 5.13. The predicted octanol–water partition coefficient (Wildman–Crippen LogP) is 7.52. The standard InChI is InChI=1S/C27H24O/c1-19(2)26-18-22(13-14-27(26)28)25-16-23(20-9-5-3-6-10-20)15-24(17-25)21-11-7-4-8-12-21/h3-19,28H,1-2H3. The largest absolute Gasteiger partial charge is 0.508 e. The molecule has 4 rings (SSSR count). The zero-order chi connectivity index (χ0) is 19.5. The highest BCUT2D eigenvalue weighted by Gasteiger charge is 2.11. The Hall–Kier alpha value is -3.32. The van der Waals surface area contributed by atoms with E-state index in [0.717, 1.165) is 16.7 Å². The van der Waals surface area contributed by atoms with Crippen LogP contribution in [-0.2, 0) is 0 Å². The van der Waals surface area contributed by atoms with E-state index < -0.39 is 0 Å².